The van der Waals surface area contributed by atoms with E-state index in [1.807, 2.05) is 6.92 Å². The molecule has 18 heavy (non-hydrogen) atoms. The van der Waals surface area contributed by atoms with Crippen molar-refractivity contribution in [1.82, 2.24) is 6.15 Å². The molecular formula is C11H23NO5S. The second-order valence-electron chi connectivity index (χ2n) is 3.38. The van der Waals surface area contributed by atoms with Crippen LogP contribution in [0.4, 0.5) is 0 Å². The maximum Gasteiger partial charge on any atom is 0.335 e. The molecule has 0 spiro atoms. The van der Waals surface area contributed by atoms with Crippen LogP contribution in [0.3, 0.4) is 0 Å². The zero-order valence-electron chi connectivity index (χ0n) is 11.5. The molecule has 0 aromatic rings. The van der Waals surface area contributed by atoms with Gasteiger partial charge in [-0.05, 0) is 26.7 Å². The van der Waals surface area contributed by atoms with Gasteiger partial charge >= 0.3 is 5.97 Å². The smallest absolute Gasteiger partial charge is 0.335 e. The Morgan fingerprint density at radius 3 is 2.11 bits per heavy atom. The average molecular weight is 281 g/mol. The normalized spacial score (nSPS) is 12.4. The van der Waals surface area contributed by atoms with Gasteiger partial charge in [-0.1, -0.05) is 13.8 Å². The number of allylic oxidation sites excluding steroid dienone is 1. The van der Waals surface area contributed by atoms with Crippen LogP contribution in [0.2, 0.25) is 0 Å². The Balaban J connectivity index is 0. The Bertz CT molecular complexity index is 386. The minimum atomic E-state index is -3.81. The summed E-state index contributed by atoms with van der Waals surface area (Å²) in [6.07, 6.45) is 0.987. The van der Waals surface area contributed by atoms with Crippen LogP contribution in [-0.2, 0) is 23.8 Å². The summed E-state index contributed by atoms with van der Waals surface area (Å²) >= 11 is 0. The highest BCUT2D eigenvalue weighted by molar-refractivity contribution is 7.90. The lowest BCUT2D eigenvalue weighted by Crippen LogP contribution is -2.15. The molecule has 0 aliphatic rings. The Morgan fingerprint density at radius 1 is 1.17 bits per heavy atom. The van der Waals surface area contributed by atoms with E-state index in [2.05, 4.69) is 4.18 Å². The number of ether oxygens (including phenoxy) is 1. The van der Waals surface area contributed by atoms with Gasteiger partial charge in [-0.2, -0.15) is 8.42 Å². The van der Waals surface area contributed by atoms with Crippen molar-refractivity contribution in [3.8, 4) is 0 Å². The van der Waals surface area contributed by atoms with E-state index >= 15 is 0 Å². The predicted molar refractivity (Wildman–Crippen MR) is 69.8 cm³/mol. The van der Waals surface area contributed by atoms with Gasteiger partial charge in [0.1, 0.15) is 0 Å². The van der Waals surface area contributed by atoms with Crippen molar-refractivity contribution in [1.29, 1.82) is 0 Å². The van der Waals surface area contributed by atoms with E-state index in [1.165, 1.54) is 6.92 Å². The Labute approximate surface area is 109 Å². The molecule has 0 aliphatic heterocycles. The number of hydrogen-bond acceptors (Lipinski definition) is 6. The molecule has 0 saturated heterocycles. The van der Waals surface area contributed by atoms with E-state index in [4.69, 9.17) is 4.74 Å². The standard InChI is InChI=1S/C11H20O5S.H3N/c1-5-8-15-11(12)10(6-2)9(4)17(13,14)16-7-3;/h5-8H2,1-4H3;1H3. The van der Waals surface area contributed by atoms with E-state index < -0.39 is 16.1 Å². The lowest BCUT2D eigenvalue weighted by molar-refractivity contribution is -0.139. The number of carbonyl (C=O) groups excluding carboxylic acids is 1. The molecule has 0 aliphatic carbocycles. The second-order valence-corrected chi connectivity index (χ2v) is 5.14. The highest BCUT2D eigenvalue weighted by Crippen LogP contribution is 2.18. The monoisotopic (exact) mass is 281 g/mol. The first kappa shape index (κ1) is 19.4. The molecule has 0 rings (SSSR count). The molecule has 0 aromatic carbocycles. The van der Waals surface area contributed by atoms with Crippen molar-refractivity contribution in [3.05, 3.63) is 10.5 Å². The first-order valence-electron chi connectivity index (χ1n) is 5.66. The summed E-state index contributed by atoms with van der Waals surface area (Å²) in [6.45, 7) is 6.83. The van der Waals surface area contributed by atoms with Crippen LogP contribution in [0, 0.1) is 0 Å². The molecule has 0 aromatic heterocycles. The van der Waals surface area contributed by atoms with Crippen molar-refractivity contribution in [2.45, 2.75) is 40.5 Å². The van der Waals surface area contributed by atoms with Crippen molar-refractivity contribution in [2.24, 2.45) is 0 Å². The highest BCUT2D eigenvalue weighted by Gasteiger charge is 2.22. The third-order valence-electron chi connectivity index (χ3n) is 2.11. The first-order valence-corrected chi connectivity index (χ1v) is 7.07. The Kier molecular flexibility index (Phi) is 9.78. The van der Waals surface area contributed by atoms with Gasteiger partial charge in [0.05, 0.1) is 23.7 Å². The molecule has 0 bridgehead atoms. The fourth-order valence-electron chi connectivity index (χ4n) is 1.21. The lowest BCUT2D eigenvalue weighted by Gasteiger charge is -2.10. The summed E-state index contributed by atoms with van der Waals surface area (Å²) in [4.78, 5) is 11.6. The third kappa shape index (κ3) is 5.61. The van der Waals surface area contributed by atoms with Crippen molar-refractivity contribution in [2.75, 3.05) is 13.2 Å². The number of rotatable bonds is 7. The molecular weight excluding hydrogens is 258 g/mol. The minimum absolute atomic E-state index is 0. The molecule has 7 heteroatoms. The maximum absolute atomic E-state index is 11.6. The summed E-state index contributed by atoms with van der Waals surface area (Å²) in [7, 11) is -3.81. The Morgan fingerprint density at radius 2 is 1.72 bits per heavy atom. The fourth-order valence-corrected chi connectivity index (χ4v) is 2.23. The fraction of sp³-hybridized carbons (Fsp3) is 0.727. The van der Waals surface area contributed by atoms with Gasteiger partial charge in [0, 0.05) is 0 Å². The molecule has 0 radical (unpaired) electrons. The van der Waals surface area contributed by atoms with Gasteiger partial charge in [0.2, 0.25) is 0 Å². The van der Waals surface area contributed by atoms with Crippen molar-refractivity contribution in [3.63, 3.8) is 0 Å². The number of esters is 1. The van der Waals surface area contributed by atoms with E-state index in [9.17, 15) is 13.2 Å². The van der Waals surface area contributed by atoms with E-state index in [0.717, 1.165) is 0 Å². The van der Waals surface area contributed by atoms with Gasteiger partial charge < -0.3 is 10.9 Å². The van der Waals surface area contributed by atoms with Crippen LogP contribution in [0.5, 0.6) is 0 Å². The van der Waals surface area contributed by atoms with Crippen LogP contribution >= 0.6 is 0 Å². The third-order valence-corrected chi connectivity index (χ3v) is 3.65. The van der Waals surface area contributed by atoms with Gasteiger partial charge in [-0.3, -0.25) is 4.18 Å². The SMILES string of the molecule is CCCOC(=O)C(CC)=C(C)S(=O)(=O)OCC.N. The predicted octanol–water partition coefficient (Wildman–Crippen LogP) is 2.15. The van der Waals surface area contributed by atoms with Crippen molar-refractivity contribution >= 4 is 16.1 Å². The van der Waals surface area contributed by atoms with Crippen LogP contribution in [0.1, 0.15) is 40.5 Å². The van der Waals surface area contributed by atoms with Gasteiger partial charge in [0.15, 0.2) is 0 Å². The van der Waals surface area contributed by atoms with Crippen LogP contribution < -0.4 is 6.15 Å². The van der Waals surface area contributed by atoms with Crippen LogP contribution in [-0.4, -0.2) is 27.6 Å². The topological polar surface area (TPSA) is 105 Å². The minimum Gasteiger partial charge on any atom is -0.462 e. The van der Waals surface area contributed by atoms with E-state index in [1.54, 1.807) is 13.8 Å². The summed E-state index contributed by atoms with van der Waals surface area (Å²) in [6, 6.07) is 0. The molecule has 108 valence electrons. The zero-order valence-corrected chi connectivity index (χ0v) is 12.3. The van der Waals surface area contributed by atoms with Gasteiger partial charge in [-0.15, -0.1) is 0 Å². The number of carbonyl (C=O) groups is 1. The molecule has 6 nitrogen and oxygen atoms in total. The first-order chi connectivity index (χ1) is 7.90. The van der Waals surface area contributed by atoms with Crippen LogP contribution in [0.15, 0.2) is 10.5 Å². The zero-order chi connectivity index (χ0) is 13.5. The number of hydrogen-bond donors (Lipinski definition) is 1. The van der Waals surface area contributed by atoms with E-state index in [0.29, 0.717) is 12.8 Å². The quantitative estimate of drug-likeness (QED) is 0.435. The summed E-state index contributed by atoms with van der Waals surface area (Å²) in [5, 5.41) is 0. The summed E-state index contributed by atoms with van der Waals surface area (Å²) in [5.74, 6) is -0.588. The van der Waals surface area contributed by atoms with E-state index in [-0.39, 0.29) is 29.8 Å². The lowest BCUT2D eigenvalue weighted by atomic mass is 10.2. The molecule has 0 saturated carbocycles. The molecule has 3 N–H and O–H groups in total. The highest BCUT2D eigenvalue weighted by atomic mass is 32.2. The molecule has 0 fully saturated rings. The molecule has 0 unspecified atom stereocenters. The average Bonchev–Trinajstić information content (AvgIpc) is 2.27. The van der Waals surface area contributed by atoms with Crippen LogP contribution in [0.25, 0.3) is 0 Å². The maximum atomic E-state index is 11.6. The summed E-state index contributed by atoms with van der Waals surface area (Å²) in [5.41, 5.74) is 0.145. The van der Waals surface area contributed by atoms with Gasteiger partial charge in [-0.25, -0.2) is 4.79 Å². The Hall–Kier alpha value is -0.920. The second kappa shape index (κ2) is 9.07. The van der Waals surface area contributed by atoms with Gasteiger partial charge in [0.25, 0.3) is 10.1 Å². The largest absolute Gasteiger partial charge is 0.462 e. The molecule has 0 heterocycles. The molecule has 0 amide bonds. The molecule has 0 atom stereocenters. The summed E-state index contributed by atoms with van der Waals surface area (Å²) < 4.78 is 32.8. The van der Waals surface area contributed by atoms with Crippen molar-refractivity contribution < 1.29 is 22.1 Å².